The molecule has 0 saturated carbocycles. The highest BCUT2D eigenvalue weighted by atomic mass is 16.1. The van der Waals surface area contributed by atoms with E-state index in [-0.39, 0.29) is 11.8 Å². The van der Waals surface area contributed by atoms with Crippen molar-refractivity contribution < 1.29 is 4.79 Å². The molecular formula is C8H16N2O. The molecule has 0 fully saturated rings. The molecular weight excluding hydrogens is 140 g/mol. The summed E-state index contributed by atoms with van der Waals surface area (Å²) >= 11 is 0. The van der Waals surface area contributed by atoms with E-state index >= 15 is 0 Å². The van der Waals surface area contributed by atoms with Crippen molar-refractivity contribution in [1.82, 2.24) is 10.6 Å². The van der Waals surface area contributed by atoms with Crippen molar-refractivity contribution >= 4 is 5.91 Å². The molecule has 0 aromatic heterocycles. The molecule has 1 amide bonds. The second kappa shape index (κ2) is 5.92. The summed E-state index contributed by atoms with van der Waals surface area (Å²) in [4.78, 5) is 11.1. The van der Waals surface area contributed by atoms with Gasteiger partial charge in [0.15, 0.2) is 0 Å². The van der Waals surface area contributed by atoms with Crippen LogP contribution in [0.1, 0.15) is 6.92 Å². The van der Waals surface area contributed by atoms with E-state index in [1.165, 1.54) is 0 Å². The molecule has 0 heterocycles. The summed E-state index contributed by atoms with van der Waals surface area (Å²) in [6.45, 7) is 6.65. The van der Waals surface area contributed by atoms with Gasteiger partial charge in [-0.05, 0) is 7.05 Å². The Balaban J connectivity index is 3.54. The zero-order chi connectivity index (χ0) is 8.69. The Morgan fingerprint density at radius 1 is 1.73 bits per heavy atom. The topological polar surface area (TPSA) is 41.1 Å². The van der Waals surface area contributed by atoms with Gasteiger partial charge in [0.1, 0.15) is 0 Å². The number of hydrogen-bond acceptors (Lipinski definition) is 2. The summed E-state index contributed by atoms with van der Waals surface area (Å²) in [6, 6.07) is 0. The van der Waals surface area contributed by atoms with E-state index in [2.05, 4.69) is 17.2 Å². The molecule has 0 spiro atoms. The van der Waals surface area contributed by atoms with Crippen LogP contribution in [-0.2, 0) is 4.79 Å². The second-order valence-corrected chi connectivity index (χ2v) is 2.49. The highest BCUT2D eigenvalue weighted by molar-refractivity contribution is 5.78. The fourth-order valence-corrected chi connectivity index (χ4v) is 0.746. The fraction of sp³-hybridized carbons (Fsp3) is 0.625. The van der Waals surface area contributed by atoms with Crippen LogP contribution >= 0.6 is 0 Å². The smallest absolute Gasteiger partial charge is 0.224 e. The fourth-order valence-electron chi connectivity index (χ4n) is 0.746. The Hall–Kier alpha value is -0.830. The molecule has 11 heavy (non-hydrogen) atoms. The van der Waals surface area contributed by atoms with Crippen molar-refractivity contribution in [2.75, 3.05) is 20.1 Å². The molecule has 2 N–H and O–H groups in total. The Kier molecular flexibility index (Phi) is 5.47. The molecule has 0 aliphatic heterocycles. The number of nitrogens with one attached hydrogen (secondary N) is 2. The minimum atomic E-state index is 0.0277. The lowest BCUT2D eigenvalue weighted by atomic mass is 10.1. The summed E-state index contributed by atoms with van der Waals surface area (Å²) in [5, 5.41) is 5.66. The second-order valence-electron chi connectivity index (χ2n) is 2.49. The van der Waals surface area contributed by atoms with E-state index in [1.807, 2.05) is 14.0 Å². The van der Waals surface area contributed by atoms with Crippen molar-refractivity contribution in [1.29, 1.82) is 0 Å². The number of carbonyl (C=O) groups is 1. The molecule has 3 nitrogen and oxygen atoms in total. The van der Waals surface area contributed by atoms with Crippen LogP contribution in [0.15, 0.2) is 12.7 Å². The molecule has 0 rings (SSSR count). The Labute approximate surface area is 67.9 Å². The van der Waals surface area contributed by atoms with Gasteiger partial charge in [0.2, 0.25) is 5.91 Å². The highest BCUT2D eigenvalue weighted by Crippen LogP contribution is 1.90. The van der Waals surface area contributed by atoms with Crippen LogP contribution in [0.3, 0.4) is 0 Å². The molecule has 0 saturated heterocycles. The summed E-state index contributed by atoms with van der Waals surface area (Å²) < 4.78 is 0. The van der Waals surface area contributed by atoms with Crippen LogP contribution in [0.5, 0.6) is 0 Å². The van der Waals surface area contributed by atoms with Gasteiger partial charge in [-0.1, -0.05) is 13.0 Å². The zero-order valence-corrected chi connectivity index (χ0v) is 7.18. The van der Waals surface area contributed by atoms with Gasteiger partial charge in [-0.15, -0.1) is 6.58 Å². The summed E-state index contributed by atoms with van der Waals surface area (Å²) in [7, 11) is 1.83. The molecule has 0 aromatic carbocycles. The predicted octanol–water partition coefficient (Wildman–Crippen LogP) is 0.144. The van der Waals surface area contributed by atoms with Crippen LogP contribution in [-0.4, -0.2) is 26.0 Å². The molecule has 1 unspecified atom stereocenters. The largest absolute Gasteiger partial charge is 0.352 e. The predicted molar refractivity (Wildman–Crippen MR) is 46.3 cm³/mol. The lowest BCUT2D eigenvalue weighted by Gasteiger charge is -2.09. The Morgan fingerprint density at radius 2 is 2.36 bits per heavy atom. The lowest BCUT2D eigenvalue weighted by Crippen LogP contribution is -2.34. The maximum atomic E-state index is 11.1. The highest BCUT2D eigenvalue weighted by Gasteiger charge is 2.09. The number of carbonyl (C=O) groups excluding carboxylic acids is 1. The number of amides is 1. The van der Waals surface area contributed by atoms with Crippen molar-refractivity contribution in [2.24, 2.45) is 5.92 Å². The first-order valence-electron chi connectivity index (χ1n) is 3.75. The minimum Gasteiger partial charge on any atom is -0.352 e. The quantitative estimate of drug-likeness (QED) is 0.556. The van der Waals surface area contributed by atoms with Crippen molar-refractivity contribution in [3.63, 3.8) is 0 Å². The van der Waals surface area contributed by atoms with Gasteiger partial charge in [-0.3, -0.25) is 4.79 Å². The van der Waals surface area contributed by atoms with Crippen LogP contribution < -0.4 is 10.6 Å². The van der Waals surface area contributed by atoms with E-state index in [0.29, 0.717) is 13.1 Å². The van der Waals surface area contributed by atoms with Gasteiger partial charge in [0, 0.05) is 19.0 Å². The zero-order valence-electron chi connectivity index (χ0n) is 7.18. The van der Waals surface area contributed by atoms with Gasteiger partial charge in [-0.25, -0.2) is 0 Å². The number of rotatable bonds is 5. The molecule has 64 valence electrons. The van der Waals surface area contributed by atoms with E-state index in [4.69, 9.17) is 0 Å². The molecule has 0 aliphatic rings. The van der Waals surface area contributed by atoms with Gasteiger partial charge in [0.25, 0.3) is 0 Å². The third kappa shape index (κ3) is 4.56. The lowest BCUT2D eigenvalue weighted by molar-refractivity contribution is -0.124. The number of hydrogen-bond donors (Lipinski definition) is 2. The normalized spacial score (nSPS) is 12.2. The molecule has 1 atom stereocenters. The molecule has 0 aromatic rings. The molecule has 0 bridgehead atoms. The first-order chi connectivity index (χ1) is 5.22. The van der Waals surface area contributed by atoms with Gasteiger partial charge < -0.3 is 10.6 Å². The van der Waals surface area contributed by atoms with E-state index < -0.39 is 0 Å². The average Bonchev–Trinajstić information content (AvgIpc) is 2.00. The monoisotopic (exact) mass is 156 g/mol. The molecule has 0 aliphatic carbocycles. The first-order valence-corrected chi connectivity index (χ1v) is 3.75. The minimum absolute atomic E-state index is 0.0277. The Morgan fingerprint density at radius 3 is 2.82 bits per heavy atom. The van der Waals surface area contributed by atoms with Crippen molar-refractivity contribution in [3.8, 4) is 0 Å². The average molecular weight is 156 g/mol. The van der Waals surface area contributed by atoms with Gasteiger partial charge >= 0.3 is 0 Å². The van der Waals surface area contributed by atoms with Gasteiger partial charge in [0.05, 0.1) is 0 Å². The van der Waals surface area contributed by atoms with Crippen LogP contribution in [0.4, 0.5) is 0 Å². The summed E-state index contributed by atoms with van der Waals surface area (Å²) in [5.41, 5.74) is 0. The first kappa shape index (κ1) is 10.2. The molecule has 3 heteroatoms. The van der Waals surface area contributed by atoms with Crippen LogP contribution in [0.25, 0.3) is 0 Å². The maximum absolute atomic E-state index is 11.1. The summed E-state index contributed by atoms with van der Waals surface area (Å²) in [5.74, 6) is 0.0965. The van der Waals surface area contributed by atoms with E-state index in [0.717, 1.165) is 0 Å². The summed E-state index contributed by atoms with van der Waals surface area (Å²) in [6.07, 6.45) is 1.67. The standard InChI is InChI=1S/C8H16N2O/c1-4-5-10-8(11)7(2)6-9-3/h4,7,9H,1,5-6H2,2-3H3,(H,10,11). The van der Waals surface area contributed by atoms with Crippen LogP contribution in [0.2, 0.25) is 0 Å². The van der Waals surface area contributed by atoms with E-state index in [9.17, 15) is 4.79 Å². The molecule has 0 radical (unpaired) electrons. The van der Waals surface area contributed by atoms with E-state index in [1.54, 1.807) is 6.08 Å². The van der Waals surface area contributed by atoms with Crippen molar-refractivity contribution in [2.45, 2.75) is 6.92 Å². The third-order valence-electron chi connectivity index (χ3n) is 1.38. The SMILES string of the molecule is C=CCNC(=O)C(C)CNC. The third-order valence-corrected chi connectivity index (χ3v) is 1.38. The van der Waals surface area contributed by atoms with Gasteiger partial charge in [-0.2, -0.15) is 0 Å². The maximum Gasteiger partial charge on any atom is 0.224 e. The Bertz CT molecular complexity index is 134. The van der Waals surface area contributed by atoms with Crippen LogP contribution in [0, 0.1) is 5.92 Å². The van der Waals surface area contributed by atoms with Crippen molar-refractivity contribution in [3.05, 3.63) is 12.7 Å².